The molecule has 1 N–H and O–H groups in total. The van der Waals surface area contributed by atoms with Gasteiger partial charge in [0.05, 0.1) is 0 Å². The Labute approximate surface area is 104 Å². The third-order valence-corrected chi connectivity index (χ3v) is 3.75. The monoisotopic (exact) mass is 234 g/mol. The van der Waals surface area contributed by atoms with E-state index in [1.165, 1.54) is 5.56 Å². The van der Waals surface area contributed by atoms with Crippen LogP contribution in [0.4, 0.5) is 0 Å². The van der Waals surface area contributed by atoms with Crippen molar-refractivity contribution in [2.75, 3.05) is 20.1 Å². The van der Waals surface area contributed by atoms with E-state index in [0.717, 1.165) is 19.6 Å². The molecule has 2 atom stereocenters. The van der Waals surface area contributed by atoms with Crippen molar-refractivity contribution in [1.82, 2.24) is 9.80 Å². The topological polar surface area (TPSA) is 26.7 Å². The van der Waals surface area contributed by atoms with E-state index >= 15 is 0 Å². The van der Waals surface area contributed by atoms with Crippen LogP contribution in [0, 0.1) is 0 Å². The average molecular weight is 234 g/mol. The zero-order valence-electron chi connectivity index (χ0n) is 10.9. The Morgan fingerprint density at radius 3 is 2.41 bits per heavy atom. The summed E-state index contributed by atoms with van der Waals surface area (Å²) in [6, 6.07) is 8.74. The summed E-state index contributed by atoms with van der Waals surface area (Å²) in [4.78, 5) is 4.93. The molecule has 1 fully saturated rings. The maximum Gasteiger partial charge on any atom is 0.115 e. The lowest BCUT2D eigenvalue weighted by Gasteiger charge is -2.42. The summed E-state index contributed by atoms with van der Waals surface area (Å²) in [5.74, 6) is 0.341. The van der Waals surface area contributed by atoms with Crippen molar-refractivity contribution >= 4 is 0 Å². The van der Waals surface area contributed by atoms with Crippen molar-refractivity contribution in [2.45, 2.75) is 32.5 Å². The molecule has 1 aliphatic rings. The molecule has 1 aliphatic heterocycles. The van der Waals surface area contributed by atoms with Crippen LogP contribution in [-0.4, -0.2) is 47.1 Å². The summed E-state index contributed by atoms with van der Waals surface area (Å²) in [7, 11) is 2.19. The maximum absolute atomic E-state index is 9.27. The average Bonchev–Trinajstić information content (AvgIpc) is 2.29. The third kappa shape index (κ3) is 2.99. The molecule has 1 saturated heterocycles. The molecule has 1 aromatic rings. The molecule has 0 saturated carbocycles. The first-order valence-electron chi connectivity index (χ1n) is 6.28. The molecule has 0 aliphatic carbocycles. The Hall–Kier alpha value is -1.06. The Kier molecular flexibility index (Phi) is 3.69. The Morgan fingerprint density at radius 1 is 1.12 bits per heavy atom. The lowest BCUT2D eigenvalue weighted by molar-refractivity contribution is 0.0545. The molecule has 1 heterocycles. The Morgan fingerprint density at radius 2 is 1.76 bits per heavy atom. The van der Waals surface area contributed by atoms with Crippen molar-refractivity contribution in [2.24, 2.45) is 0 Å². The highest BCUT2D eigenvalue weighted by Gasteiger charge is 2.26. The minimum Gasteiger partial charge on any atom is -0.508 e. The van der Waals surface area contributed by atoms with Crippen molar-refractivity contribution in [3.05, 3.63) is 29.8 Å². The molecule has 0 unspecified atom stereocenters. The van der Waals surface area contributed by atoms with Crippen molar-refractivity contribution in [1.29, 1.82) is 0 Å². The first kappa shape index (κ1) is 12.4. The van der Waals surface area contributed by atoms with Gasteiger partial charge in [0.25, 0.3) is 0 Å². The van der Waals surface area contributed by atoms with E-state index in [9.17, 15) is 5.11 Å². The molecule has 0 spiro atoms. The van der Waals surface area contributed by atoms with Gasteiger partial charge in [0.2, 0.25) is 0 Å². The minimum atomic E-state index is 0.341. The van der Waals surface area contributed by atoms with Gasteiger partial charge in [-0.1, -0.05) is 12.1 Å². The van der Waals surface area contributed by atoms with Gasteiger partial charge in [-0.15, -0.1) is 0 Å². The largest absolute Gasteiger partial charge is 0.508 e. The number of phenols is 1. The number of phenolic OH excluding ortho intramolecular Hbond substituents is 1. The van der Waals surface area contributed by atoms with E-state index in [1.807, 2.05) is 12.1 Å². The second-order valence-corrected chi connectivity index (χ2v) is 5.23. The van der Waals surface area contributed by atoms with Crippen LogP contribution >= 0.6 is 0 Å². The summed E-state index contributed by atoms with van der Waals surface area (Å²) in [6.45, 7) is 7.76. The SMILES string of the molecule is C[C@@H]1CN(C)[C@@H](C)CN1Cc1ccc(O)cc1. The molecule has 0 bridgehead atoms. The zero-order chi connectivity index (χ0) is 12.4. The van der Waals surface area contributed by atoms with Crippen molar-refractivity contribution < 1.29 is 5.11 Å². The fourth-order valence-corrected chi connectivity index (χ4v) is 2.43. The fraction of sp³-hybridized carbons (Fsp3) is 0.571. The van der Waals surface area contributed by atoms with Crippen LogP contribution in [0.15, 0.2) is 24.3 Å². The minimum absolute atomic E-state index is 0.341. The summed E-state index contributed by atoms with van der Waals surface area (Å²) < 4.78 is 0. The highest BCUT2D eigenvalue weighted by atomic mass is 16.3. The second-order valence-electron chi connectivity index (χ2n) is 5.23. The number of piperazine rings is 1. The Balaban J connectivity index is 2.00. The molecular weight excluding hydrogens is 212 g/mol. The van der Waals surface area contributed by atoms with E-state index in [-0.39, 0.29) is 0 Å². The molecule has 3 nitrogen and oxygen atoms in total. The van der Waals surface area contributed by atoms with Crippen LogP contribution in [0.1, 0.15) is 19.4 Å². The van der Waals surface area contributed by atoms with E-state index in [1.54, 1.807) is 12.1 Å². The van der Waals surface area contributed by atoms with Gasteiger partial charge in [0.1, 0.15) is 5.75 Å². The van der Waals surface area contributed by atoms with Gasteiger partial charge in [-0.3, -0.25) is 4.90 Å². The molecule has 1 aromatic carbocycles. The summed E-state index contributed by atoms with van der Waals surface area (Å²) in [5, 5.41) is 9.27. The number of benzene rings is 1. The number of likely N-dealkylation sites (N-methyl/N-ethyl adjacent to an activating group) is 1. The first-order chi connectivity index (χ1) is 8.06. The van der Waals surface area contributed by atoms with Crippen LogP contribution in [0.5, 0.6) is 5.75 Å². The van der Waals surface area contributed by atoms with Crippen molar-refractivity contribution in [3.8, 4) is 5.75 Å². The van der Waals surface area contributed by atoms with E-state index in [0.29, 0.717) is 17.8 Å². The van der Waals surface area contributed by atoms with Crippen LogP contribution in [0.3, 0.4) is 0 Å². The number of nitrogens with zero attached hydrogens (tertiary/aromatic N) is 2. The summed E-state index contributed by atoms with van der Waals surface area (Å²) in [6.07, 6.45) is 0. The second kappa shape index (κ2) is 5.07. The lowest BCUT2D eigenvalue weighted by atomic mass is 10.1. The van der Waals surface area contributed by atoms with Crippen LogP contribution in [0.2, 0.25) is 0 Å². The maximum atomic E-state index is 9.27. The van der Waals surface area contributed by atoms with Gasteiger partial charge in [0.15, 0.2) is 0 Å². The zero-order valence-corrected chi connectivity index (χ0v) is 10.9. The van der Waals surface area contributed by atoms with E-state index in [2.05, 4.69) is 30.7 Å². The Bertz CT molecular complexity index is 363. The molecule has 3 heteroatoms. The molecule has 0 radical (unpaired) electrons. The lowest BCUT2D eigenvalue weighted by Crippen LogP contribution is -2.54. The van der Waals surface area contributed by atoms with Gasteiger partial charge in [-0.2, -0.15) is 0 Å². The third-order valence-electron chi connectivity index (χ3n) is 3.75. The highest BCUT2D eigenvalue weighted by molar-refractivity contribution is 5.25. The smallest absolute Gasteiger partial charge is 0.115 e. The van der Waals surface area contributed by atoms with E-state index in [4.69, 9.17) is 0 Å². The molecule has 2 rings (SSSR count). The molecule has 0 amide bonds. The van der Waals surface area contributed by atoms with Gasteiger partial charge < -0.3 is 10.0 Å². The summed E-state index contributed by atoms with van der Waals surface area (Å²) in [5.41, 5.74) is 1.27. The van der Waals surface area contributed by atoms with Gasteiger partial charge in [0, 0.05) is 31.7 Å². The number of hydrogen-bond acceptors (Lipinski definition) is 3. The predicted molar refractivity (Wildman–Crippen MR) is 70.1 cm³/mol. The number of rotatable bonds is 2. The molecule has 17 heavy (non-hydrogen) atoms. The summed E-state index contributed by atoms with van der Waals surface area (Å²) >= 11 is 0. The highest BCUT2D eigenvalue weighted by Crippen LogP contribution is 2.18. The standard InChI is InChI=1S/C14H22N2O/c1-11-9-16(12(2)8-15(11)3)10-13-4-6-14(17)7-5-13/h4-7,11-12,17H,8-10H2,1-3H3/t11-,12+/m0/s1. The first-order valence-corrected chi connectivity index (χ1v) is 6.28. The predicted octanol–water partition coefficient (Wildman–Crippen LogP) is 1.92. The van der Waals surface area contributed by atoms with Crippen LogP contribution in [0.25, 0.3) is 0 Å². The fourth-order valence-electron chi connectivity index (χ4n) is 2.43. The van der Waals surface area contributed by atoms with Gasteiger partial charge >= 0.3 is 0 Å². The number of aromatic hydroxyl groups is 1. The van der Waals surface area contributed by atoms with Crippen LogP contribution in [-0.2, 0) is 6.54 Å². The van der Waals surface area contributed by atoms with Crippen LogP contribution < -0.4 is 0 Å². The van der Waals surface area contributed by atoms with Gasteiger partial charge in [-0.25, -0.2) is 0 Å². The van der Waals surface area contributed by atoms with Crippen molar-refractivity contribution in [3.63, 3.8) is 0 Å². The quantitative estimate of drug-likeness (QED) is 0.847. The number of hydrogen-bond donors (Lipinski definition) is 1. The molecular formula is C14H22N2O. The van der Waals surface area contributed by atoms with Gasteiger partial charge in [-0.05, 0) is 38.6 Å². The van der Waals surface area contributed by atoms with E-state index < -0.39 is 0 Å². The normalized spacial score (nSPS) is 27.2. The molecule has 94 valence electrons. The molecule has 0 aromatic heterocycles.